The van der Waals surface area contributed by atoms with Gasteiger partial charge in [0.05, 0.1) is 11.1 Å². The van der Waals surface area contributed by atoms with Gasteiger partial charge >= 0.3 is 6.18 Å². The second-order valence-corrected chi connectivity index (χ2v) is 6.02. The van der Waals surface area contributed by atoms with Crippen molar-refractivity contribution in [2.24, 2.45) is 5.73 Å². The van der Waals surface area contributed by atoms with Crippen LogP contribution in [0, 0.1) is 6.92 Å². The topological polar surface area (TPSA) is 41.8 Å². The van der Waals surface area contributed by atoms with Gasteiger partial charge in [0.2, 0.25) is 0 Å². The SMILES string of the molecule is Cc1cc2c(CCc3ccc(C(F)(F)F)cc3)ccc(CN)c2[nH]1. The Morgan fingerprint density at radius 3 is 2.25 bits per heavy atom. The number of nitrogens with one attached hydrogen (secondary N) is 1. The van der Waals surface area contributed by atoms with Crippen LogP contribution in [-0.4, -0.2) is 4.98 Å². The van der Waals surface area contributed by atoms with Crippen LogP contribution in [0.15, 0.2) is 42.5 Å². The van der Waals surface area contributed by atoms with Crippen molar-refractivity contribution in [3.63, 3.8) is 0 Å². The van der Waals surface area contributed by atoms with Crippen LogP contribution in [0.3, 0.4) is 0 Å². The van der Waals surface area contributed by atoms with Crippen LogP contribution >= 0.6 is 0 Å². The van der Waals surface area contributed by atoms with E-state index in [-0.39, 0.29) is 0 Å². The molecule has 0 saturated carbocycles. The highest BCUT2D eigenvalue weighted by atomic mass is 19.4. The van der Waals surface area contributed by atoms with E-state index in [1.165, 1.54) is 5.56 Å². The molecule has 0 aliphatic heterocycles. The Hall–Kier alpha value is -2.27. The van der Waals surface area contributed by atoms with E-state index < -0.39 is 11.7 Å². The summed E-state index contributed by atoms with van der Waals surface area (Å²) in [6.45, 7) is 2.47. The molecule has 24 heavy (non-hydrogen) atoms. The van der Waals surface area contributed by atoms with E-state index in [0.29, 0.717) is 13.0 Å². The fourth-order valence-electron chi connectivity index (χ4n) is 3.00. The van der Waals surface area contributed by atoms with Crippen LogP contribution in [0.25, 0.3) is 10.9 Å². The summed E-state index contributed by atoms with van der Waals surface area (Å²) < 4.78 is 37.8. The zero-order valence-electron chi connectivity index (χ0n) is 13.4. The second kappa shape index (κ2) is 6.32. The van der Waals surface area contributed by atoms with Crippen LogP contribution in [-0.2, 0) is 25.6 Å². The first-order chi connectivity index (χ1) is 11.4. The molecule has 0 atom stereocenters. The Kier molecular flexibility index (Phi) is 4.37. The minimum Gasteiger partial charge on any atom is -0.358 e. The Morgan fingerprint density at radius 1 is 0.958 bits per heavy atom. The summed E-state index contributed by atoms with van der Waals surface area (Å²) in [4.78, 5) is 3.34. The van der Waals surface area contributed by atoms with Gasteiger partial charge in [-0.05, 0) is 54.7 Å². The third kappa shape index (κ3) is 3.31. The van der Waals surface area contributed by atoms with Crippen molar-refractivity contribution in [2.45, 2.75) is 32.5 Å². The zero-order valence-corrected chi connectivity index (χ0v) is 13.4. The number of aromatic amines is 1. The van der Waals surface area contributed by atoms with Gasteiger partial charge in [0.15, 0.2) is 0 Å². The minimum atomic E-state index is -4.29. The maximum absolute atomic E-state index is 12.6. The van der Waals surface area contributed by atoms with Gasteiger partial charge in [0.1, 0.15) is 0 Å². The van der Waals surface area contributed by atoms with Gasteiger partial charge < -0.3 is 10.7 Å². The van der Waals surface area contributed by atoms with Crippen LogP contribution in [0.2, 0.25) is 0 Å². The lowest BCUT2D eigenvalue weighted by atomic mass is 9.98. The molecule has 0 unspecified atom stereocenters. The highest BCUT2D eigenvalue weighted by Crippen LogP contribution is 2.29. The molecular formula is C19H19F3N2. The molecule has 3 rings (SSSR count). The number of nitrogens with two attached hydrogens (primary N) is 1. The maximum atomic E-state index is 12.6. The Labute approximate surface area is 138 Å². The molecule has 0 radical (unpaired) electrons. The molecule has 0 bridgehead atoms. The summed E-state index contributed by atoms with van der Waals surface area (Å²) in [5, 5.41) is 1.14. The van der Waals surface area contributed by atoms with Gasteiger partial charge in [-0.1, -0.05) is 24.3 Å². The summed E-state index contributed by atoms with van der Waals surface area (Å²) in [5.74, 6) is 0. The van der Waals surface area contributed by atoms with E-state index >= 15 is 0 Å². The van der Waals surface area contributed by atoms with Crippen LogP contribution in [0.4, 0.5) is 13.2 Å². The molecule has 2 aromatic carbocycles. The number of fused-ring (bicyclic) bond motifs is 1. The van der Waals surface area contributed by atoms with E-state index in [4.69, 9.17) is 5.73 Å². The van der Waals surface area contributed by atoms with Crippen molar-refractivity contribution >= 4 is 10.9 Å². The Morgan fingerprint density at radius 2 is 1.62 bits per heavy atom. The number of hydrogen-bond donors (Lipinski definition) is 2. The summed E-state index contributed by atoms with van der Waals surface area (Å²) in [5.41, 5.74) is 10.4. The highest BCUT2D eigenvalue weighted by Gasteiger charge is 2.29. The normalized spacial score (nSPS) is 12.0. The van der Waals surface area contributed by atoms with Crippen molar-refractivity contribution in [1.82, 2.24) is 4.98 Å². The molecule has 0 spiro atoms. The molecule has 0 saturated heterocycles. The van der Waals surface area contributed by atoms with Crippen molar-refractivity contribution in [3.05, 3.63) is 70.4 Å². The number of H-pyrrole nitrogens is 1. The Balaban J connectivity index is 1.81. The van der Waals surface area contributed by atoms with Crippen LogP contribution < -0.4 is 5.73 Å². The third-order valence-electron chi connectivity index (χ3n) is 4.29. The Bertz CT molecular complexity index is 845. The predicted molar refractivity (Wildman–Crippen MR) is 89.8 cm³/mol. The van der Waals surface area contributed by atoms with Crippen molar-refractivity contribution in [1.29, 1.82) is 0 Å². The summed E-state index contributed by atoms with van der Waals surface area (Å²) in [6.07, 6.45) is -2.82. The molecule has 126 valence electrons. The average Bonchev–Trinajstić information content (AvgIpc) is 2.93. The van der Waals surface area contributed by atoms with E-state index in [2.05, 4.69) is 17.1 Å². The van der Waals surface area contributed by atoms with Crippen molar-refractivity contribution in [2.75, 3.05) is 0 Å². The average molecular weight is 332 g/mol. The fraction of sp³-hybridized carbons (Fsp3) is 0.263. The molecule has 5 heteroatoms. The second-order valence-electron chi connectivity index (χ2n) is 6.02. The first-order valence-corrected chi connectivity index (χ1v) is 7.85. The van der Waals surface area contributed by atoms with Crippen molar-refractivity contribution in [3.8, 4) is 0 Å². The van der Waals surface area contributed by atoms with Crippen LogP contribution in [0.1, 0.15) is 27.9 Å². The molecule has 1 aromatic heterocycles. The van der Waals surface area contributed by atoms with Gasteiger partial charge in [0.25, 0.3) is 0 Å². The smallest absolute Gasteiger partial charge is 0.358 e. The number of hydrogen-bond acceptors (Lipinski definition) is 1. The van der Waals surface area contributed by atoms with Crippen molar-refractivity contribution < 1.29 is 13.2 Å². The van der Waals surface area contributed by atoms with Gasteiger partial charge in [-0.3, -0.25) is 0 Å². The summed E-state index contributed by atoms with van der Waals surface area (Å²) in [6, 6.07) is 11.6. The molecule has 3 N–H and O–H groups in total. The quantitative estimate of drug-likeness (QED) is 0.712. The van der Waals surface area contributed by atoms with E-state index in [9.17, 15) is 13.2 Å². The lowest BCUT2D eigenvalue weighted by molar-refractivity contribution is -0.137. The number of alkyl halides is 3. The molecule has 0 aliphatic carbocycles. The molecular weight excluding hydrogens is 313 g/mol. The lowest BCUT2D eigenvalue weighted by Gasteiger charge is -2.09. The molecule has 2 nitrogen and oxygen atoms in total. The molecule has 0 amide bonds. The van der Waals surface area contributed by atoms with Crippen LogP contribution in [0.5, 0.6) is 0 Å². The number of benzene rings is 2. The first kappa shape index (κ1) is 16.6. The molecule has 1 heterocycles. The zero-order chi connectivity index (χ0) is 17.3. The standard InChI is InChI=1S/C19H19F3N2/c1-12-10-17-14(6-7-15(11-23)18(17)24-12)5-2-13-3-8-16(9-4-13)19(20,21)22/h3-4,6-10,24H,2,5,11,23H2,1H3. The van der Waals surface area contributed by atoms with Gasteiger partial charge in [0, 0.05) is 17.6 Å². The predicted octanol–water partition coefficient (Wildman–Crippen LogP) is 4.74. The molecule has 0 fully saturated rings. The van der Waals surface area contributed by atoms with E-state index in [0.717, 1.165) is 46.3 Å². The number of halogens is 3. The lowest BCUT2D eigenvalue weighted by Crippen LogP contribution is -2.04. The molecule has 0 aliphatic rings. The van der Waals surface area contributed by atoms with Gasteiger partial charge in [-0.2, -0.15) is 13.2 Å². The minimum absolute atomic E-state index is 0.468. The third-order valence-corrected chi connectivity index (χ3v) is 4.29. The van der Waals surface area contributed by atoms with Gasteiger partial charge in [-0.15, -0.1) is 0 Å². The maximum Gasteiger partial charge on any atom is 0.416 e. The van der Waals surface area contributed by atoms with E-state index in [1.807, 2.05) is 13.0 Å². The first-order valence-electron chi connectivity index (χ1n) is 7.85. The highest BCUT2D eigenvalue weighted by molar-refractivity contribution is 5.87. The number of aromatic nitrogens is 1. The number of aryl methyl sites for hydroxylation is 3. The molecule has 3 aromatic rings. The fourth-order valence-corrected chi connectivity index (χ4v) is 3.00. The summed E-state index contributed by atoms with van der Waals surface area (Å²) >= 11 is 0. The largest absolute Gasteiger partial charge is 0.416 e. The van der Waals surface area contributed by atoms with Gasteiger partial charge in [-0.25, -0.2) is 0 Å². The number of rotatable bonds is 4. The summed E-state index contributed by atoms with van der Waals surface area (Å²) in [7, 11) is 0. The monoisotopic (exact) mass is 332 g/mol. The van der Waals surface area contributed by atoms with E-state index in [1.54, 1.807) is 12.1 Å².